The summed E-state index contributed by atoms with van der Waals surface area (Å²) in [6.07, 6.45) is 4.38. The zero-order valence-electron chi connectivity index (χ0n) is 13.6. The van der Waals surface area contributed by atoms with Crippen molar-refractivity contribution in [3.63, 3.8) is 0 Å². The fourth-order valence-corrected chi connectivity index (χ4v) is 4.53. The van der Waals surface area contributed by atoms with Gasteiger partial charge < -0.3 is 4.81 Å². The first kappa shape index (κ1) is 17.0. The van der Waals surface area contributed by atoms with E-state index in [4.69, 9.17) is 12.2 Å². The van der Waals surface area contributed by atoms with Gasteiger partial charge in [-0.2, -0.15) is 8.42 Å². The van der Waals surface area contributed by atoms with Gasteiger partial charge in [0.15, 0.2) is 7.98 Å². The minimum Gasteiger partial charge on any atom is -0.353 e. The van der Waals surface area contributed by atoms with Crippen molar-refractivity contribution < 1.29 is 12.6 Å². The van der Waals surface area contributed by atoms with Crippen molar-refractivity contribution >= 4 is 18.1 Å². The third-order valence-electron chi connectivity index (χ3n) is 5.19. The lowest BCUT2D eigenvalue weighted by Gasteiger charge is -2.29. The summed E-state index contributed by atoms with van der Waals surface area (Å²) in [5.74, 6) is 2.13. The smallest absolute Gasteiger partial charge is 0.296 e. The normalized spacial score (nSPS) is 26.3. The molecule has 1 aromatic rings. The van der Waals surface area contributed by atoms with Crippen LogP contribution in [0.25, 0.3) is 0 Å². The van der Waals surface area contributed by atoms with Crippen molar-refractivity contribution in [3.8, 4) is 0 Å². The minimum absolute atomic E-state index is 0.241. The summed E-state index contributed by atoms with van der Waals surface area (Å²) in [6.45, 7) is 4.17. The Morgan fingerprint density at radius 2 is 1.87 bits per heavy atom. The standard InChI is InChI=1S/C17H24BNO3S/c1-13-2-4-16(5-3-13)23(20,21)22-11-8-15-12-17(15)14-6-9-19(18)10-7-14/h2-5,14-15,17H,6-12H2,1H3/t15-,17-/m1/s1. The Bertz CT molecular complexity index is 624. The quantitative estimate of drug-likeness (QED) is 0.593. The molecule has 0 spiro atoms. The number of aryl methyl sites for hydroxylation is 1. The first-order chi connectivity index (χ1) is 11.0. The molecule has 1 heterocycles. The van der Waals surface area contributed by atoms with E-state index in [1.165, 1.54) is 19.3 Å². The van der Waals surface area contributed by atoms with E-state index in [0.717, 1.165) is 36.9 Å². The van der Waals surface area contributed by atoms with Gasteiger partial charge in [-0.25, -0.2) is 0 Å². The van der Waals surface area contributed by atoms with Gasteiger partial charge in [0.2, 0.25) is 0 Å². The molecule has 124 valence electrons. The summed E-state index contributed by atoms with van der Waals surface area (Å²) < 4.78 is 29.4. The summed E-state index contributed by atoms with van der Waals surface area (Å²) in [7, 11) is 2.17. The molecule has 6 heteroatoms. The van der Waals surface area contributed by atoms with E-state index in [1.54, 1.807) is 24.3 Å². The van der Waals surface area contributed by atoms with Crippen LogP contribution in [0.15, 0.2) is 29.2 Å². The van der Waals surface area contributed by atoms with Crippen LogP contribution in [-0.4, -0.2) is 40.9 Å². The van der Waals surface area contributed by atoms with Gasteiger partial charge in [-0.3, -0.25) is 4.18 Å². The van der Waals surface area contributed by atoms with Crippen molar-refractivity contribution in [1.82, 2.24) is 4.81 Å². The van der Waals surface area contributed by atoms with Crippen molar-refractivity contribution in [2.75, 3.05) is 19.7 Å². The summed E-state index contributed by atoms with van der Waals surface area (Å²) in [6, 6.07) is 6.78. The van der Waals surface area contributed by atoms with E-state index in [9.17, 15) is 8.42 Å². The zero-order chi connectivity index (χ0) is 16.4. The molecule has 0 unspecified atom stereocenters. The maximum Gasteiger partial charge on any atom is 0.296 e. The van der Waals surface area contributed by atoms with Crippen molar-refractivity contribution in [2.45, 2.75) is 37.5 Å². The van der Waals surface area contributed by atoms with Gasteiger partial charge in [0.05, 0.1) is 11.5 Å². The van der Waals surface area contributed by atoms with Crippen LogP contribution in [0.3, 0.4) is 0 Å². The van der Waals surface area contributed by atoms with E-state index in [0.29, 0.717) is 5.92 Å². The van der Waals surface area contributed by atoms with Crippen LogP contribution in [0.5, 0.6) is 0 Å². The Morgan fingerprint density at radius 3 is 2.52 bits per heavy atom. The average Bonchev–Trinajstić information content (AvgIpc) is 3.28. The maximum absolute atomic E-state index is 12.1. The molecule has 0 bridgehead atoms. The second-order valence-electron chi connectivity index (χ2n) is 6.91. The average molecular weight is 333 g/mol. The topological polar surface area (TPSA) is 46.6 Å². The second-order valence-corrected chi connectivity index (χ2v) is 8.53. The molecule has 2 fully saturated rings. The van der Waals surface area contributed by atoms with E-state index in [-0.39, 0.29) is 11.5 Å². The molecule has 23 heavy (non-hydrogen) atoms. The molecular weight excluding hydrogens is 309 g/mol. The van der Waals surface area contributed by atoms with Crippen LogP contribution in [0.2, 0.25) is 0 Å². The van der Waals surface area contributed by atoms with E-state index >= 15 is 0 Å². The molecule has 0 N–H and O–H groups in total. The maximum atomic E-state index is 12.1. The van der Waals surface area contributed by atoms with E-state index in [2.05, 4.69) is 0 Å². The molecule has 1 aliphatic heterocycles. The van der Waals surface area contributed by atoms with Crippen LogP contribution < -0.4 is 0 Å². The largest absolute Gasteiger partial charge is 0.353 e. The number of hydrogen-bond acceptors (Lipinski definition) is 4. The lowest BCUT2D eigenvalue weighted by atomic mass is 9.89. The highest BCUT2D eigenvalue weighted by Gasteiger charge is 2.42. The molecule has 3 rings (SSSR count). The fourth-order valence-electron chi connectivity index (χ4n) is 3.61. The number of nitrogens with zero attached hydrogens (tertiary/aromatic N) is 1. The number of benzene rings is 1. The van der Waals surface area contributed by atoms with Gasteiger partial charge in [0.25, 0.3) is 10.1 Å². The Labute approximate surface area is 140 Å². The monoisotopic (exact) mass is 333 g/mol. The fraction of sp³-hybridized carbons (Fsp3) is 0.647. The van der Waals surface area contributed by atoms with E-state index in [1.807, 2.05) is 11.7 Å². The number of rotatable bonds is 6. The molecule has 1 saturated carbocycles. The molecule has 2 aliphatic rings. The summed E-state index contributed by atoms with van der Waals surface area (Å²) in [5.41, 5.74) is 1.04. The molecule has 4 nitrogen and oxygen atoms in total. The summed E-state index contributed by atoms with van der Waals surface area (Å²) >= 11 is 0. The molecule has 2 radical (unpaired) electrons. The first-order valence-corrected chi connectivity index (χ1v) is 9.82. The van der Waals surface area contributed by atoms with E-state index < -0.39 is 10.1 Å². The highest BCUT2D eigenvalue weighted by Crippen LogP contribution is 2.49. The summed E-state index contributed by atoms with van der Waals surface area (Å²) in [5, 5.41) is 0. The zero-order valence-corrected chi connectivity index (χ0v) is 14.5. The molecule has 0 amide bonds. The number of piperidine rings is 1. The van der Waals surface area contributed by atoms with Crippen molar-refractivity contribution in [3.05, 3.63) is 29.8 Å². The Morgan fingerprint density at radius 1 is 1.22 bits per heavy atom. The molecule has 1 aromatic carbocycles. The number of hydrogen-bond donors (Lipinski definition) is 0. The molecule has 2 atom stereocenters. The third-order valence-corrected chi connectivity index (χ3v) is 6.52. The van der Waals surface area contributed by atoms with Crippen LogP contribution >= 0.6 is 0 Å². The van der Waals surface area contributed by atoms with Crippen LogP contribution in [-0.2, 0) is 14.3 Å². The van der Waals surface area contributed by atoms with Crippen molar-refractivity contribution in [2.24, 2.45) is 17.8 Å². The van der Waals surface area contributed by atoms with Crippen molar-refractivity contribution in [1.29, 1.82) is 0 Å². The second kappa shape index (κ2) is 6.95. The molecular formula is C17H24BNO3S. The lowest BCUT2D eigenvalue weighted by molar-refractivity contribution is 0.243. The highest BCUT2D eigenvalue weighted by atomic mass is 32.2. The van der Waals surface area contributed by atoms with Crippen LogP contribution in [0.4, 0.5) is 0 Å². The highest BCUT2D eigenvalue weighted by molar-refractivity contribution is 7.86. The van der Waals surface area contributed by atoms with Crippen LogP contribution in [0, 0.1) is 24.7 Å². The van der Waals surface area contributed by atoms with Gasteiger partial charge in [-0.1, -0.05) is 17.7 Å². The molecule has 0 aromatic heterocycles. The molecule has 1 saturated heterocycles. The molecule has 1 aliphatic carbocycles. The van der Waals surface area contributed by atoms with Gasteiger partial charge in [0.1, 0.15) is 0 Å². The Balaban J connectivity index is 1.43. The Kier molecular flexibility index (Phi) is 5.14. The predicted molar refractivity (Wildman–Crippen MR) is 90.6 cm³/mol. The minimum atomic E-state index is -3.62. The van der Waals surface area contributed by atoms with Gasteiger partial charge in [0, 0.05) is 0 Å². The van der Waals surface area contributed by atoms with Gasteiger partial charge in [-0.05, 0) is 75.6 Å². The van der Waals surface area contributed by atoms with Gasteiger partial charge in [-0.15, -0.1) is 0 Å². The lowest BCUT2D eigenvalue weighted by Crippen LogP contribution is -2.32. The predicted octanol–water partition coefficient (Wildman–Crippen LogP) is 2.52. The first-order valence-electron chi connectivity index (χ1n) is 8.41. The summed E-state index contributed by atoms with van der Waals surface area (Å²) in [4.78, 5) is 2.14. The Hall–Kier alpha value is -0.845. The third kappa shape index (κ3) is 4.37. The van der Waals surface area contributed by atoms with Crippen LogP contribution in [0.1, 0.15) is 31.2 Å². The SMILES string of the molecule is [B]N1CCC([C@H]2C[C@H]2CCOS(=O)(=O)c2ccc(C)cc2)CC1. The van der Waals surface area contributed by atoms with Gasteiger partial charge >= 0.3 is 0 Å².